The van der Waals surface area contributed by atoms with Gasteiger partial charge >= 0.3 is 6.03 Å². The van der Waals surface area contributed by atoms with Crippen LogP contribution in [0.15, 0.2) is 54.6 Å². The number of aryl methyl sites for hydroxylation is 1. The van der Waals surface area contributed by atoms with E-state index >= 15 is 0 Å². The highest BCUT2D eigenvalue weighted by molar-refractivity contribution is 5.93. The van der Waals surface area contributed by atoms with Crippen LogP contribution in [0.4, 0.5) is 10.5 Å². The quantitative estimate of drug-likeness (QED) is 0.814. The Morgan fingerprint density at radius 1 is 0.933 bits per heavy atom. The Labute approximate surface area is 179 Å². The number of amides is 3. The fraction of sp³-hybridized carbons (Fsp3) is 0.440. The maximum Gasteiger partial charge on any atom is 0.320 e. The van der Waals surface area contributed by atoms with Gasteiger partial charge in [0.1, 0.15) is 0 Å². The summed E-state index contributed by atoms with van der Waals surface area (Å²) in [7, 11) is 0. The molecule has 3 amide bonds. The molecule has 30 heavy (non-hydrogen) atoms. The van der Waals surface area contributed by atoms with Crippen LogP contribution in [0.5, 0.6) is 0 Å². The summed E-state index contributed by atoms with van der Waals surface area (Å²) < 4.78 is 0. The maximum absolute atomic E-state index is 13.1. The number of carbonyl (C=O) groups excluding carboxylic acids is 2. The van der Waals surface area contributed by atoms with Crippen molar-refractivity contribution in [2.75, 3.05) is 31.5 Å². The van der Waals surface area contributed by atoms with Crippen LogP contribution in [0.2, 0.25) is 0 Å². The number of rotatable bonds is 4. The van der Waals surface area contributed by atoms with Gasteiger partial charge in [-0.25, -0.2) is 4.79 Å². The van der Waals surface area contributed by atoms with E-state index in [2.05, 4.69) is 36.5 Å². The largest absolute Gasteiger partial charge is 0.326 e. The predicted molar refractivity (Wildman–Crippen MR) is 120 cm³/mol. The van der Waals surface area contributed by atoms with Crippen LogP contribution in [0.3, 0.4) is 0 Å². The van der Waals surface area contributed by atoms with E-state index in [1.165, 1.54) is 11.1 Å². The zero-order chi connectivity index (χ0) is 20.9. The van der Waals surface area contributed by atoms with Gasteiger partial charge in [-0.2, -0.15) is 0 Å². The van der Waals surface area contributed by atoms with Crippen LogP contribution in [-0.2, 0) is 11.2 Å². The third kappa shape index (κ3) is 4.66. The van der Waals surface area contributed by atoms with Crippen molar-refractivity contribution in [3.05, 3.63) is 65.7 Å². The summed E-state index contributed by atoms with van der Waals surface area (Å²) in [6, 6.07) is 18.3. The molecule has 5 heteroatoms. The van der Waals surface area contributed by atoms with Crippen molar-refractivity contribution in [3.8, 4) is 0 Å². The SMILES string of the molecule is CCc1ccc(C2CC(C(=O)Nc3ccccc3)CN(C(=O)N3CCCC3)C2)cc1. The van der Waals surface area contributed by atoms with Crippen molar-refractivity contribution < 1.29 is 9.59 Å². The molecule has 0 aromatic heterocycles. The summed E-state index contributed by atoms with van der Waals surface area (Å²) in [6.45, 7) is 4.96. The second kappa shape index (κ2) is 9.33. The van der Waals surface area contributed by atoms with E-state index in [1.807, 2.05) is 40.1 Å². The van der Waals surface area contributed by atoms with Gasteiger partial charge in [0.2, 0.25) is 5.91 Å². The summed E-state index contributed by atoms with van der Waals surface area (Å²) in [5.74, 6) is -0.0561. The molecule has 2 unspecified atom stereocenters. The molecule has 2 aliphatic rings. The van der Waals surface area contributed by atoms with Gasteiger partial charge in [-0.1, -0.05) is 49.4 Å². The summed E-state index contributed by atoms with van der Waals surface area (Å²) >= 11 is 0. The van der Waals surface area contributed by atoms with Crippen LogP contribution in [-0.4, -0.2) is 47.9 Å². The summed E-state index contributed by atoms with van der Waals surface area (Å²) in [5, 5.41) is 3.04. The number of carbonyl (C=O) groups is 2. The molecule has 5 nitrogen and oxygen atoms in total. The van der Waals surface area contributed by atoms with Crippen LogP contribution < -0.4 is 5.32 Å². The first-order valence-corrected chi connectivity index (χ1v) is 11.1. The molecule has 2 heterocycles. The van der Waals surface area contributed by atoms with Gasteiger partial charge < -0.3 is 15.1 Å². The van der Waals surface area contributed by atoms with Crippen molar-refractivity contribution in [2.24, 2.45) is 5.92 Å². The Morgan fingerprint density at radius 3 is 2.30 bits per heavy atom. The number of hydrogen-bond acceptors (Lipinski definition) is 2. The normalized spacial score (nSPS) is 21.5. The smallest absolute Gasteiger partial charge is 0.320 e. The number of nitrogens with zero attached hydrogens (tertiary/aromatic N) is 2. The van der Waals surface area contributed by atoms with Gasteiger partial charge in [-0.15, -0.1) is 0 Å². The number of likely N-dealkylation sites (tertiary alicyclic amines) is 2. The van der Waals surface area contributed by atoms with E-state index in [1.54, 1.807) is 0 Å². The molecule has 2 saturated heterocycles. The van der Waals surface area contributed by atoms with Crippen molar-refractivity contribution in [3.63, 3.8) is 0 Å². The first kappa shape index (κ1) is 20.5. The molecule has 2 aromatic rings. The average Bonchev–Trinajstić information content (AvgIpc) is 3.34. The molecule has 0 spiro atoms. The zero-order valence-corrected chi connectivity index (χ0v) is 17.7. The lowest BCUT2D eigenvalue weighted by Crippen LogP contribution is -2.50. The molecule has 0 radical (unpaired) electrons. The molecule has 2 fully saturated rings. The Morgan fingerprint density at radius 2 is 1.63 bits per heavy atom. The fourth-order valence-electron chi connectivity index (χ4n) is 4.59. The third-order valence-electron chi connectivity index (χ3n) is 6.37. The van der Waals surface area contributed by atoms with Gasteiger partial charge in [0, 0.05) is 37.8 Å². The summed E-state index contributed by atoms with van der Waals surface area (Å²) in [4.78, 5) is 30.0. The monoisotopic (exact) mass is 405 g/mol. The average molecular weight is 406 g/mol. The van der Waals surface area contributed by atoms with Crippen LogP contribution in [0.1, 0.15) is 43.2 Å². The van der Waals surface area contributed by atoms with Gasteiger partial charge in [0.15, 0.2) is 0 Å². The number of anilines is 1. The molecule has 0 saturated carbocycles. The van der Waals surface area contributed by atoms with Crippen molar-refractivity contribution >= 4 is 17.6 Å². The standard InChI is InChI=1S/C25H31N3O2/c1-2-19-10-12-20(13-11-19)21-16-22(24(29)26-23-8-4-3-5-9-23)18-28(17-21)25(30)27-14-6-7-15-27/h3-5,8-13,21-22H,2,6-7,14-18H2,1H3,(H,26,29). The second-order valence-electron chi connectivity index (χ2n) is 8.46. The van der Waals surface area contributed by atoms with E-state index in [0.29, 0.717) is 13.1 Å². The molecule has 2 atom stereocenters. The van der Waals surface area contributed by atoms with Gasteiger partial charge in [-0.3, -0.25) is 4.79 Å². The van der Waals surface area contributed by atoms with Crippen LogP contribution in [0.25, 0.3) is 0 Å². The highest BCUT2D eigenvalue weighted by Gasteiger charge is 2.36. The lowest BCUT2D eigenvalue weighted by atomic mass is 9.83. The number of hydrogen-bond donors (Lipinski definition) is 1. The lowest BCUT2D eigenvalue weighted by molar-refractivity contribution is -0.121. The van der Waals surface area contributed by atoms with E-state index in [4.69, 9.17) is 0 Å². The number of nitrogens with one attached hydrogen (secondary N) is 1. The zero-order valence-electron chi connectivity index (χ0n) is 17.7. The lowest BCUT2D eigenvalue weighted by Gasteiger charge is -2.39. The first-order chi connectivity index (χ1) is 14.6. The summed E-state index contributed by atoms with van der Waals surface area (Å²) in [6.07, 6.45) is 3.90. The molecule has 0 aliphatic carbocycles. The molecular weight excluding hydrogens is 374 g/mol. The van der Waals surface area contributed by atoms with E-state index < -0.39 is 0 Å². The summed E-state index contributed by atoms with van der Waals surface area (Å²) in [5.41, 5.74) is 3.32. The molecule has 2 aliphatic heterocycles. The Bertz CT molecular complexity index is 860. The van der Waals surface area contributed by atoms with Gasteiger partial charge in [0.25, 0.3) is 0 Å². The van der Waals surface area contributed by atoms with E-state index in [-0.39, 0.29) is 23.8 Å². The predicted octanol–water partition coefficient (Wildman–Crippen LogP) is 4.51. The van der Waals surface area contributed by atoms with E-state index in [0.717, 1.165) is 44.5 Å². The molecule has 158 valence electrons. The molecule has 2 aromatic carbocycles. The molecule has 0 bridgehead atoms. The van der Waals surface area contributed by atoms with E-state index in [9.17, 15) is 9.59 Å². The molecular formula is C25H31N3O2. The molecule has 4 rings (SSSR count). The highest BCUT2D eigenvalue weighted by Crippen LogP contribution is 2.32. The number of para-hydroxylation sites is 1. The minimum absolute atomic E-state index is 0.00435. The Kier molecular flexibility index (Phi) is 6.36. The van der Waals surface area contributed by atoms with Gasteiger partial charge in [0.05, 0.1) is 5.92 Å². The Hall–Kier alpha value is -2.82. The number of urea groups is 1. The van der Waals surface area contributed by atoms with Crippen LogP contribution >= 0.6 is 0 Å². The number of benzene rings is 2. The number of piperidine rings is 1. The maximum atomic E-state index is 13.1. The Balaban J connectivity index is 1.53. The minimum atomic E-state index is -0.221. The van der Waals surface area contributed by atoms with Crippen LogP contribution in [0, 0.1) is 5.92 Å². The van der Waals surface area contributed by atoms with Crippen molar-refractivity contribution in [1.29, 1.82) is 0 Å². The van der Waals surface area contributed by atoms with Crippen molar-refractivity contribution in [1.82, 2.24) is 9.80 Å². The molecule has 1 N–H and O–H groups in total. The second-order valence-corrected chi connectivity index (χ2v) is 8.46. The van der Waals surface area contributed by atoms with Gasteiger partial charge in [-0.05, 0) is 48.9 Å². The van der Waals surface area contributed by atoms with Crippen molar-refractivity contribution in [2.45, 2.75) is 38.5 Å². The first-order valence-electron chi connectivity index (χ1n) is 11.1. The minimum Gasteiger partial charge on any atom is -0.326 e. The topological polar surface area (TPSA) is 52.7 Å². The fourth-order valence-corrected chi connectivity index (χ4v) is 4.59. The highest BCUT2D eigenvalue weighted by atomic mass is 16.2. The third-order valence-corrected chi connectivity index (χ3v) is 6.37.